The maximum Gasteiger partial charge on any atom is 0.240 e. The summed E-state index contributed by atoms with van der Waals surface area (Å²) in [6.45, 7) is 0.165. The molecule has 0 aliphatic heterocycles. The van der Waals surface area contributed by atoms with Gasteiger partial charge >= 0.3 is 0 Å². The number of aromatic nitrogens is 1. The summed E-state index contributed by atoms with van der Waals surface area (Å²) in [5.74, 6) is 0. The minimum atomic E-state index is -3.59. The van der Waals surface area contributed by atoms with E-state index in [0.717, 1.165) is 21.3 Å². The maximum absolute atomic E-state index is 12.6. The van der Waals surface area contributed by atoms with Crippen LogP contribution in [0.25, 0.3) is 21.3 Å². The van der Waals surface area contributed by atoms with Crippen LogP contribution in [0.3, 0.4) is 0 Å². The van der Waals surface area contributed by atoms with Gasteiger partial charge in [-0.05, 0) is 22.9 Å². The lowest BCUT2D eigenvalue weighted by molar-refractivity contribution is 0.581. The van der Waals surface area contributed by atoms with E-state index in [9.17, 15) is 8.42 Å². The first-order chi connectivity index (χ1) is 12.6. The topological polar surface area (TPSA) is 59.1 Å². The fraction of sp³-hybridized carbons (Fsp3) is 0.0500. The van der Waals surface area contributed by atoms with E-state index in [2.05, 4.69) is 9.71 Å². The van der Waals surface area contributed by atoms with E-state index < -0.39 is 10.0 Å². The lowest BCUT2D eigenvalue weighted by Crippen LogP contribution is -2.23. The van der Waals surface area contributed by atoms with Crippen molar-refractivity contribution in [3.8, 4) is 10.6 Å². The van der Waals surface area contributed by atoms with Crippen LogP contribution in [0.5, 0.6) is 0 Å². The number of nitrogens with zero attached hydrogens (tertiary/aromatic N) is 1. The molecule has 6 heteroatoms. The molecule has 4 rings (SSSR count). The Labute approximate surface area is 156 Å². The van der Waals surface area contributed by atoms with E-state index in [4.69, 9.17) is 0 Å². The smallest absolute Gasteiger partial charge is 0.240 e. The highest BCUT2D eigenvalue weighted by molar-refractivity contribution is 7.89. The molecule has 0 unspecified atom stereocenters. The van der Waals surface area contributed by atoms with Crippen molar-refractivity contribution >= 4 is 32.1 Å². The number of rotatable bonds is 5. The van der Waals surface area contributed by atoms with E-state index in [1.165, 1.54) is 11.3 Å². The Morgan fingerprint density at radius 1 is 0.885 bits per heavy atom. The van der Waals surface area contributed by atoms with E-state index >= 15 is 0 Å². The molecule has 130 valence electrons. The van der Waals surface area contributed by atoms with Crippen LogP contribution in [0.1, 0.15) is 5.69 Å². The lowest BCUT2D eigenvalue weighted by atomic mass is 10.1. The third-order valence-corrected chi connectivity index (χ3v) is 6.39. The zero-order chi connectivity index (χ0) is 18.0. The largest absolute Gasteiger partial charge is 0.240 e. The van der Waals surface area contributed by atoms with Crippen molar-refractivity contribution in [2.45, 2.75) is 11.4 Å². The second-order valence-corrected chi connectivity index (χ2v) is 8.47. The van der Waals surface area contributed by atoms with Crippen molar-refractivity contribution in [2.75, 3.05) is 0 Å². The molecule has 4 nitrogen and oxygen atoms in total. The van der Waals surface area contributed by atoms with Gasteiger partial charge in [0.25, 0.3) is 0 Å². The van der Waals surface area contributed by atoms with Crippen LogP contribution in [-0.4, -0.2) is 13.4 Å². The third kappa shape index (κ3) is 3.53. The fourth-order valence-corrected chi connectivity index (χ4v) is 4.55. The van der Waals surface area contributed by atoms with Gasteiger partial charge in [0.2, 0.25) is 10.0 Å². The van der Waals surface area contributed by atoms with Gasteiger partial charge in [0, 0.05) is 10.9 Å². The number of nitrogens with one attached hydrogen (secondary N) is 1. The van der Waals surface area contributed by atoms with Crippen molar-refractivity contribution in [2.24, 2.45) is 0 Å². The highest BCUT2D eigenvalue weighted by atomic mass is 32.2. The molecule has 1 aromatic heterocycles. The van der Waals surface area contributed by atoms with Crippen molar-refractivity contribution in [3.05, 3.63) is 83.9 Å². The van der Waals surface area contributed by atoms with Gasteiger partial charge in [-0.1, -0.05) is 60.7 Å². The first-order valence-corrected chi connectivity index (χ1v) is 10.5. The van der Waals surface area contributed by atoms with Gasteiger partial charge in [-0.15, -0.1) is 11.3 Å². The molecule has 0 aliphatic carbocycles. The molecule has 0 bridgehead atoms. The Kier molecular flexibility index (Phi) is 4.55. The predicted octanol–water partition coefficient (Wildman–Crippen LogP) is 4.44. The van der Waals surface area contributed by atoms with Crippen LogP contribution in [0.15, 0.2) is 83.1 Å². The average molecular weight is 380 g/mol. The van der Waals surface area contributed by atoms with Gasteiger partial charge in [-0.25, -0.2) is 18.1 Å². The average Bonchev–Trinajstić information content (AvgIpc) is 3.16. The number of hydrogen-bond acceptors (Lipinski definition) is 4. The molecule has 0 amide bonds. The number of thiazole rings is 1. The summed E-state index contributed by atoms with van der Waals surface area (Å²) in [6.07, 6.45) is 0. The Bertz CT molecular complexity index is 1150. The normalized spacial score (nSPS) is 11.7. The summed E-state index contributed by atoms with van der Waals surface area (Å²) in [4.78, 5) is 4.78. The van der Waals surface area contributed by atoms with Gasteiger partial charge in [0.15, 0.2) is 0 Å². The Hall–Kier alpha value is -2.54. The van der Waals surface area contributed by atoms with Crippen LogP contribution in [0.2, 0.25) is 0 Å². The Morgan fingerprint density at radius 2 is 1.62 bits per heavy atom. The van der Waals surface area contributed by atoms with Crippen LogP contribution >= 0.6 is 11.3 Å². The lowest BCUT2D eigenvalue weighted by Gasteiger charge is -2.07. The van der Waals surface area contributed by atoms with Crippen molar-refractivity contribution < 1.29 is 8.42 Å². The molecule has 4 aromatic rings. The number of fused-ring (bicyclic) bond motifs is 1. The van der Waals surface area contributed by atoms with Gasteiger partial charge in [-0.3, -0.25) is 0 Å². The minimum absolute atomic E-state index is 0.165. The number of hydrogen-bond donors (Lipinski definition) is 1. The molecule has 1 N–H and O–H groups in total. The van der Waals surface area contributed by atoms with E-state index in [1.807, 2.05) is 66.0 Å². The van der Waals surface area contributed by atoms with Gasteiger partial charge in [0.05, 0.1) is 17.1 Å². The minimum Gasteiger partial charge on any atom is -0.240 e. The predicted molar refractivity (Wildman–Crippen MR) is 106 cm³/mol. The zero-order valence-electron chi connectivity index (χ0n) is 13.8. The number of benzene rings is 3. The maximum atomic E-state index is 12.6. The van der Waals surface area contributed by atoms with E-state index in [0.29, 0.717) is 5.69 Å². The van der Waals surface area contributed by atoms with Crippen LogP contribution in [0, 0.1) is 0 Å². The van der Waals surface area contributed by atoms with Crippen LogP contribution in [-0.2, 0) is 16.6 Å². The first kappa shape index (κ1) is 16.9. The molecule has 0 radical (unpaired) electrons. The molecule has 0 saturated carbocycles. The van der Waals surface area contributed by atoms with Crippen LogP contribution in [0.4, 0.5) is 0 Å². The summed E-state index contributed by atoms with van der Waals surface area (Å²) in [6, 6.07) is 22.7. The monoisotopic (exact) mass is 380 g/mol. The van der Waals surface area contributed by atoms with E-state index in [-0.39, 0.29) is 11.4 Å². The van der Waals surface area contributed by atoms with Crippen LogP contribution < -0.4 is 4.72 Å². The molecule has 0 saturated heterocycles. The summed E-state index contributed by atoms with van der Waals surface area (Å²) in [5, 5.41) is 4.67. The SMILES string of the molecule is O=S(=O)(NCc1csc(-c2ccccc2)n1)c1ccc2ccccc2c1. The highest BCUT2D eigenvalue weighted by Crippen LogP contribution is 2.24. The molecule has 26 heavy (non-hydrogen) atoms. The molecular weight excluding hydrogens is 364 g/mol. The number of sulfonamides is 1. The van der Waals surface area contributed by atoms with Crippen molar-refractivity contribution in [3.63, 3.8) is 0 Å². The molecule has 0 aliphatic rings. The summed E-state index contributed by atoms with van der Waals surface area (Å²) >= 11 is 1.50. The summed E-state index contributed by atoms with van der Waals surface area (Å²) < 4.78 is 27.8. The molecule has 3 aromatic carbocycles. The standard InChI is InChI=1S/C20H16N2O2S2/c23-26(24,19-11-10-15-6-4-5-9-17(15)12-19)21-13-18-14-25-20(22-18)16-7-2-1-3-8-16/h1-12,14,21H,13H2. The molecular formula is C20H16N2O2S2. The Morgan fingerprint density at radius 3 is 2.42 bits per heavy atom. The first-order valence-electron chi connectivity index (χ1n) is 8.10. The second-order valence-electron chi connectivity index (χ2n) is 5.84. The highest BCUT2D eigenvalue weighted by Gasteiger charge is 2.15. The quantitative estimate of drug-likeness (QED) is 0.557. The van der Waals surface area contributed by atoms with Crippen molar-refractivity contribution in [1.29, 1.82) is 0 Å². The zero-order valence-corrected chi connectivity index (χ0v) is 15.4. The Balaban J connectivity index is 1.52. The molecule has 1 heterocycles. The molecule has 0 fully saturated rings. The van der Waals surface area contributed by atoms with Crippen molar-refractivity contribution in [1.82, 2.24) is 9.71 Å². The van der Waals surface area contributed by atoms with Gasteiger partial charge < -0.3 is 0 Å². The third-order valence-electron chi connectivity index (χ3n) is 4.05. The van der Waals surface area contributed by atoms with Gasteiger partial charge in [-0.2, -0.15) is 0 Å². The second kappa shape index (κ2) is 6.99. The summed E-state index contributed by atoms with van der Waals surface area (Å²) in [7, 11) is -3.59. The molecule has 0 spiro atoms. The molecule has 0 atom stereocenters. The fourth-order valence-electron chi connectivity index (χ4n) is 2.69. The van der Waals surface area contributed by atoms with Gasteiger partial charge in [0.1, 0.15) is 5.01 Å². The van der Waals surface area contributed by atoms with E-state index in [1.54, 1.807) is 12.1 Å². The summed E-state index contributed by atoms with van der Waals surface area (Å²) in [5.41, 5.74) is 1.74.